The van der Waals surface area contributed by atoms with E-state index in [1.807, 2.05) is 0 Å². The fourth-order valence-electron chi connectivity index (χ4n) is 3.36. The summed E-state index contributed by atoms with van der Waals surface area (Å²) < 4.78 is 6.22. The number of hydrogen-bond donors (Lipinski definition) is 1. The smallest absolute Gasteiger partial charge is 0.0715 e. The summed E-state index contributed by atoms with van der Waals surface area (Å²) in [6.07, 6.45) is 9.47. The third-order valence-electron chi connectivity index (χ3n) is 4.19. The van der Waals surface area contributed by atoms with E-state index in [0.717, 1.165) is 5.92 Å². The van der Waals surface area contributed by atoms with E-state index in [1.165, 1.54) is 44.9 Å². The molecule has 2 heteroatoms. The molecule has 1 aliphatic carbocycles. The minimum absolute atomic E-state index is 0.233. The number of rotatable bonds is 2. The molecule has 0 unspecified atom stereocenters. The second-order valence-corrected chi connectivity index (χ2v) is 4.93. The molecule has 3 atom stereocenters. The molecular weight excluding hydrogens is 174 g/mol. The van der Waals surface area contributed by atoms with Crippen molar-refractivity contribution in [2.24, 2.45) is 11.7 Å². The molecule has 0 amide bonds. The van der Waals surface area contributed by atoms with Crippen molar-refractivity contribution in [3.05, 3.63) is 0 Å². The van der Waals surface area contributed by atoms with Crippen molar-refractivity contribution in [1.29, 1.82) is 0 Å². The van der Waals surface area contributed by atoms with Gasteiger partial charge in [0.05, 0.1) is 11.7 Å². The minimum atomic E-state index is 0.233. The largest absolute Gasteiger partial charge is 0.370 e. The van der Waals surface area contributed by atoms with Gasteiger partial charge in [-0.05, 0) is 31.6 Å². The molecule has 2 nitrogen and oxygen atoms in total. The third kappa shape index (κ3) is 1.70. The predicted octanol–water partition coefficient (Wildman–Crippen LogP) is 2.46. The van der Waals surface area contributed by atoms with Crippen molar-refractivity contribution in [3.63, 3.8) is 0 Å². The quantitative estimate of drug-likeness (QED) is 0.738. The molecule has 82 valence electrons. The molecule has 0 aromatic carbocycles. The summed E-state index contributed by atoms with van der Waals surface area (Å²) in [6.45, 7) is 3.01. The van der Waals surface area contributed by atoms with Crippen molar-refractivity contribution < 1.29 is 4.74 Å². The van der Waals surface area contributed by atoms with Crippen LogP contribution < -0.4 is 5.73 Å². The van der Waals surface area contributed by atoms with E-state index in [4.69, 9.17) is 10.5 Å². The first-order valence-corrected chi connectivity index (χ1v) is 6.18. The van der Waals surface area contributed by atoms with Gasteiger partial charge in [0.15, 0.2) is 0 Å². The molecule has 0 aromatic rings. The Balaban J connectivity index is 2.05. The summed E-state index contributed by atoms with van der Waals surface area (Å²) in [5.74, 6) is 0.799. The van der Waals surface area contributed by atoms with Crippen molar-refractivity contribution >= 4 is 0 Å². The van der Waals surface area contributed by atoms with Gasteiger partial charge in [0.2, 0.25) is 0 Å². The lowest BCUT2D eigenvalue weighted by atomic mass is 9.72. The first-order chi connectivity index (χ1) is 6.80. The molecule has 0 aromatic heterocycles. The van der Waals surface area contributed by atoms with E-state index < -0.39 is 0 Å². The number of nitrogens with two attached hydrogens (primary N) is 1. The van der Waals surface area contributed by atoms with Crippen LogP contribution in [0.4, 0.5) is 0 Å². The third-order valence-corrected chi connectivity index (χ3v) is 4.19. The van der Waals surface area contributed by atoms with Gasteiger partial charge in [0.1, 0.15) is 0 Å². The Labute approximate surface area is 87.2 Å². The van der Waals surface area contributed by atoms with E-state index in [0.29, 0.717) is 12.6 Å². The molecule has 2 fully saturated rings. The van der Waals surface area contributed by atoms with Crippen LogP contribution in [-0.4, -0.2) is 18.2 Å². The summed E-state index contributed by atoms with van der Waals surface area (Å²) in [5.41, 5.74) is 5.92. The van der Waals surface area contributed by atoms with Crippen LogP contribution in [0.25, 0.3) is 0 Å². The molecule has 1 saturated heterocycles. The monoisotopic (exact) mass is 197 g/mol. The van der Waals surface area contributed by atoms with Crippen LogP contribution in [0.3, 0.4) is 0 Å². The first-order valence-electron chi connectivity index (χ1n) is 6.18. The molecule has 1 saturated carbocycles. The average molecular weight is 197 g/mol. The van der Waals surface area contributed by atoms with E-state index in [-0.39, 0.29) is 5.60 Å². The summed E-state index contributed by atoms with van der Waals surface area (Å²) in [7, 11) is 0. The van der Waals surface area contributed by atoms with E-state index >= 15 is 0 Å². The molecule has 2 N–H and O–H groups in total. The highest BCUT2D eigenvalue weighted by Crippen LogP contribution is 2.46. The van der Waals surface area contributed by atoms with Gasteiger partial charge < -0.3 is 10.5 Å². The highest BCUT2D eigenvalue weighted by molar-refractivity contribution is 4.96. The first kappa shape index (κ1) is 10.4. The SMILES string of the molecule is CC[C@@H]1CCCC[C@@]12CC[C@H](CN)O2. The molecule has 1 aliphatic heterocycles. The summed E-state index contributed by atoms with van der Waals surface area (Å²) >= 11 is 0. The average Bonchev–Trinajstić information content (AvgIpc) is 2.63. The second-order valence-electron chi connectivity index (χ2n) is 4.93. The standard InChI is InChI=1S/C12H23NO/c1-2-10-5-3-4-7-12(10)8-6-11(9-13)14-12/h10-11H,2-9,13H2,1H3/t10-,11-,12-/m1/s1. The lowest BCUT2D eigenvalue weighted by Crippen LogP contribution is -2.41. The van der Waals surface area contributed by atoms with Crippen LogP contribution in [0.1, 0.15) is 51.9 Å². The Kier molecular flexibility index (Phi) is 3.13. The van der Waals surface area contributed by atoms with Crippen LogP contribution in [-0.2, 0) is 4.74 Å². The Morgan fingerprint density at radius 1 is 1.29 bits per heavy atom. The molecule has 0 radical (unpaired) electrons. The molecule has 1 spiro atoms. The zero-order valence-electron chi connectivity index (χ0n) is 9.30. The van der Waals surface area contributed by atoms with Crippen molar-refractivity contribution in [3.8, 4) is 0 Å². The molecule has 2 rings (SSSR count). The van der Waals surface area contributed by atoms with Gasteiger partial charge in [0, 0.05) is 6.54 Å². The normalized spacial score (nSPS) is 43.3. The molecule has 0 bridgehead atoms. The number of hydrogen-bond acceptors (Lipinski definition) is 2. The van der Waals surface area contributed by atoms with Crippen LogP contribution in [0.15, 0.2) is 0 Å². The zero-order chi connectivity index (χ0) is 10.0. The lowest BCUT2D eigenvalue weighted by Gasteiger charge is -2.41. The zero-order valence-corrected chi connectivity index (χ0v) is 9.30. The molecule has 1 heterocycles. The maximum absolute atomic E-state index is 6.22. The van der Waals surface area contributed by atoms with Crippen molar-refractivity contribution in [1.82, 2.24) is 0 Å². The molecular formula is C12H23NO. The van der Waals surface area contributed by atoms with Gasteiger partial charge in [-0.15, -0.1) is 0 Å². The maximum atomic E-state index is 6.22. The minimum Gasteiger partial charge on any atom is -0.370 e. The Bertz CT molecular complexity index is 195. The van der Waals surface area contributed by atoms with Crippen LogP contribution in [0.5, 0.6) is 0 Å². The topological polar surface area (TPSA) is 35.2 Å². The highest BCUT2D eigenvalue weighted by atomic mass is 16.5. The Hall–Kier alpha value is -0.0800. The Morgan fingerprint density at radius 2 is 2.14 bits per heavy atom. The van der Waals surface area contributed by atoms with Gasteiger partial charge in [-0.3, -0.25) is 0 Å². The van der Waals surface area contributed by atoms with Gasteiger partial charge in [-0.2, -0.15) is 0 Å². The summed E-state index contributed by atoms with van der Waals surface area (Å²) in [5, 5.41) is 0. The van der Waals surface area contributed by atoms with E-state index in [2.05, 4.69) is 6.92 Å². The number of ether oxygens (including phenoxy) is 1. The van der Waals surface area contributed by atoms with Crippen molar-refractivity contribution in [2.45, 2.75) is 63.6 Å². The summed E-state index contributed by atoms with van der Waals surface area (Å²) in [6, 6.07) is 0. The van der Waals surface area contributed by atoms with Gasteiger partial charge in [0.25, 0.3) is 0 Å². The molecule has 2 aliphatic rings. The van der Waals surface area contributed by atoms with Gasteiger partial charge in [-0.1, -0.05) is 26.2 Å². The Morgan fingerprint density at radius 3 is 2.79 bits per heavy atom. The van der Waals surface area contributed by atoms with Crippen molar-refractivity contribution in [2.75, 3.05) is 6.54 Å². The van der Waals surface area contributed by atoms with Crippen LogP contribution in [0, 0.1) is 5.92 Å². The van der Waals surface area contributed by atoms with Crippen LogP contribution in [0.2, 0.25) is 0 Å². The maximum Gasteiger partial charge on any atom is 0.0715 e. The fourth-order valence-corrected chi connectivity index (χ4v) is 3.36. The van der Waals surface area contributed by atoms with E-state index in [9.17, 15) is 0 Å². The van der Waals surface area contributed by atoms with Gasteiger partial charge in [-0.25, -0.2) is 0 Å². The highest BCUT2D eigenvalue weighted by Gasteiger charge is 2.45. The van der Waals surface area contributed by atoms with E-state index in [1.54, 1.807) is 0 Å². The fraction of sp³-hybridized carbons (Fsp3) is 1.00. The van der Waals surface area contributed by atoms with Gasteiger partial charge >= 0.3 is 0 Å². The second kappa shape index (κ2) is 4.19. The van der Waals surface area contributed by atoms with Crippen LogP contribution >= 0.6 is 0 Å². The lowest BCUT2D eigenvalue weighted by molar-refractivity contribution is -0.0983. The summed E-state index contributed by atoms with van der Waals surface area (Å²) in [4.78, 5) is 0. The predicted molar refractivity (Wildman–Crippen MR) is 58.1 cm³/mol. The molecule has 14 heavy (non-hydrogen) atoms.